The monoisotopic (exact) mass is 272 g/mol. The average Bonchev–Trinajstić information content (AvgIpc) is 2.20. The van der Waals surface area contributed by atoms with E-state index in [1.165, 1.54) is 6.92 Å². The first-order chi connectivity index (χ1) is 6.95. The van der Waals surface area contributed by atoms with Crippen LogP contribution in [0.25, 0.3) is 0 Å². The van der Waals surface area contributed by atoms with E-state index in [0.29, 0.717) is 11.1 Å². The molecule has 15 heavy (non-hydrogen) atoms. The summed E-state index contributed by atoms with van der Waals surface area (Å²) in [4.78, 5) is 10.9. The minimum atomic E-state index is -0.325. The smallest absolute Gasteiger partial charge is 0.144 e. The van der Waals surface area contributed by atoms with Gasteiger partial charge in [0.05, 0.1) is 4.83 Å². The van der Waals surface area contributed by atoms with Gasteiger partial charge >= 0.3 is 0 Å². The summed E-state index contributed by atoms with van der Waals surface area (Å²) in [6.45, 7) is 5.07. The zero-order chi connectivity index (χ0) is 11.6. The first-order valence-electron chi connectivity index (χ1n) is 4.84. The Labute approximate surface area is 97.8 Å². The molecule has 0 saturated carbocycles. The van der Waals surface area contributed by atoms with Gasteiger partial charge in [0.2, 0.25) is 0 Å². The quantitative estimate of drug-likeness (QED) is 0.769. The molecule has 0 radical (unpaired) electrons. The fourth-order valence-electron chi connectivity index (χ4n) is 1.53. The molecule has 82 valence electrons. The summed E-state index contributed by atoms with van der Waals surface area (Å²) in [6, 6.07) is 5.26. The van der Waals surface area contributed by atoms with Crippen LogP contribution in [0.2, 0.25) is 0 Å². The molecule has 3 heteroatoms. The molecule has 0 fully saturated rings. The van der Waals surface area contributed by atoms with E-state index in [9.17, 15) is 9.18 Å². The highest BCUT2D eigenvalue weighted by atomic mass is 79.9. The number of benzene rings is 1. The first-order valence-corrected chi connectivity index (χ1v) is 5.76. The van der Waals surface area contributed by atoms with Crippen molar-refractivity contribution < 1.29 is 9.18 Å². The van der Waals surface area contributed by atoms with E-state index < -0.39 is 0 Å². The highest BCUT2D eigenvalue weighted by Crippen LogP contribution is 2.28. The number of aryl methyl sites for hydroxylation is 1. The minimum absolute atomic E-state index is 0.0170. The maximum absolute atomic E-state index is 13.7. The van der Waals surface area contributed by atoms with Crippen LogP contribution >= 0.6 is 15.9 Å². The largest absolute Gasteiger partial charge is 0.299 e. The number of alkyl halides is 1. The van der Waals surface area contributed by atoms with Crippen molar-refractivity contribution in [3.63, 3.8) is 0 Å². The highest BCUT2D eigenvalue weighted by Gasteiger charge is 2.22. The molecular formula is C12H14BrFO. The molecule has 0 aliphatic rings. The van der Waals surface area contributed by atoms with Crippen molar-refractivity contribution in [3.05, 3.63) is 35.1 Å². The lowest BCUT2D eigenvalue weighted by molar-refractivity contribution is -0.116. The Kier molecular flexibility index (Phi) is 4.03. The maximum atomic E-state index is 13.7. The molecule has 1 aromatic rings. The molecule has 0 aromatic heterocycles. The summed E-state index contributed by atoms with van der Waals surface area (Å²) in [5.74, 6) is -0.346. The second-order valence-corrected chi connectivity index (χ2v) is 4.77. The minimum Gasteiger partial charge on any atom is -0.299 e. The van der Waals surface area contributed by atoms with Gasteiger partial charge in [-0.25, -0.2) is 4.39 Å². The van der Waals surface area contributed by atoms with Crippen LogP contribution in [0.1, 0.15) is 30.9 Å². The van der Waals surface area contributed by atoms with E-state index >= 15 is 0 Å². The second-order valence-electron chi connectivity index (χ2n) is 3.78. The zero-order valence-electron chi connectivity index (χ0n) is 9.05. The molecule has 0 aliphatic heterocycles. The van der Waals surface area contributed by atoms with Gasteiger partial charge < -0.3 is 0 Å². The van der Waals surface area contributed by atoms with Gasteiger partial charge in [0.15, 0.2) is 0 Å². The number of hydrogen-bond donors (Lipinski definition) is 0. The van der Waals surface area contributed by atoms with E-state index in [4.69, 9.17) is 0 Å². The van der Waals surface area contributed by atoms with Crippen molar-refractivity contribution in [2.24, 2.45) is 0 Å². The molecule has 2 unspecified atom stereocenters. The summed E-state index contributed by atoms with van der Waals surface area (Å²) >= 11 is 3.29. The summed E-state index contributed by atoms with van der Waals surface area (Å²) < 4.78 is 13.7. The Morgan fingerprint density at radius 2 is 2.07 bits per heavy atom. The third-order valence-electron chi connectivity index (χ3n) is 2.54. The standard InChI is InChI=1S/C12H14BrFO/c1-7-5-4-6-10(12(7)14)8(2)11(13)9(3)15/h4-6,8,11H,1-3H3. The van der Waals surface area contributed by atoms with Crippen molar-refractivity contribution in [2.75, 3.05) is 0 Å². The number of rotatable bonds is 3. The van der Waals surface area contributed by atoms with Crippen molar-refractivity contribution in [3.8, 4) is 0 Å². The number of carbonyl (C=O) groups is 1. The summed E-state index contributed by atoms with van der Waals surface area (Å²) in [6.07, 6.45) is 0. The van der Waals surface area contributed by atoms with E-state index in [2.05, 4.69) is 15.9 Å². The third kappa shape index (κ3) is 2.65. The number of ketones is 1. The normalized spacial score (nSPS) is 14.7. The Morgan fingerprint density at radius 1 is 1.47 bits per heavy atom. The fourth-order valence-corrected chi connectivity index (χ4v) is 1.82. The SMILES string of the molecule is CC(=O)C(Br)C(C)c1cccc(C)c1F. The highest BCUT2D eigenvalue weighted by molar-refractivity contribution is 9.10. The predicted octanol–water partition coefficient (Wildman–Crippen LogP) is 3.59. The molecule has 0 N–H and O–H groups in total. The van der Waals surface area contributed by atoms with Crippen LogP contribution in [0.4, 0.5) is 4.39 Å². The van der Waals surface area contributed by atoms with Gasteiger partial charge in [-0.05, 0) is 25.0 Å². The van der Waals surface area contributed by atoms with Gasteiger partial charge in [-0.15, -0.1) is 0 Å². The molecule has 1 aromatic carbocycles. The van der Waals surface area contributed by atoms with Crippen LogP contribution in [0.5, 0.6) is 0 Å². The molecule has 0 bridgehead atoms. The number of halogens is 2. The van der Waals surface area contributed by atoms with Gasteiger partial charge in [-0.3, -0.25) is 4.79 Å². The molecule has 0 saturated heterocycles. The fraction of sp³-hybridized carbons (Fsp3) is 0.417. The summed E-state index contributed by atoms with van der Waals surface area (Å²) in [5.41, 5.74) is 1.20. The van der Waals surface area contributed by atoms with Crippen LogP contribution in [0, 0.1) is 12.7 Å². The van der Waals surface area contributed by atoms with Crippen LogP contribution in [-0.4, -0.2) is 10.6 Å². The number of hydrogen-bond acceptors (Lipinski definition) is 1. The molecule has 0 aliphatic carbocycles. The Bertz CT molecular complexity index is 376. The van der Waals surface area contributed by atoms with Crippen molar-refractivity contribution >= 4 is 21.7 Å². The summed E-state index contributed by atoms with van der Waals surface area (Å²) in [7, 11) is 0. The van der Waals surface area contributed by atoms with E-state index in [0.717, 1.165) is 0 Å². The van der Waals surface area contributed by atoms with Gasteiger partial charge in [0.25, 0.3) is 0 Å². The van der Waals surface area contributed by atoms with E-state index in [1.807, 2.05) is 13.0 Å². The lowest BCUT2D eigenvalue weighted by Crippen LogP contribution is -2.18. The summed E-state index contributed by atoms with van der Waals surface area (Å²) in [5, 5.41) is 0. The molecular weight excluding hydrogens is 259 g/mol. The van der Waals surface area contributed by atoms with Crippen LogP contribution in [0.3, 0.4) is 0 Å². The average molecular weight is 273 g/mol. The first kappa shape index (κ1) is 12.4. The molecule has 1 rings (SSSR count). The Morgan fingerprint density at radius 3 is 2.60 bits per heavy atom. The van der Waals surface area contributed by atoms with Crippen molar-refractivity contribution in [2.45, 2.75) is 31.5 Å². The molecule has 0 heterocycles. The molecule has 0 amide bonds. The molecule has 2 atom stereocenters. The lowest BCUT2D eigenvalue weighted by Gasteiger charge is -2.17. The zero-order valence-corrected chi connectivity index (χ0v) is 10.6. The van der Waals surface area contributed by atoms with Gasteiger partial charge in [0.1, 0.15) is 11.6 Å². The number of carbonyl (C=O) groups excluding carboxylic acids is 1. The topological polar surface area (TPSA) is 17.1 Å². The second kappa shape index (κ2) is 4.88. The Hall–Kier alpha value is -0.700. The molecule has 1 nitrogen and oxygen atoms in total. The molecule has 0 spiro atoms. The Balaban J connectivity index is 3.06. The van der Waals surface area contributed by atoms with E-state index in [-0.39, 0.29) is 22.3 Å². The van der Waals surface area contributed by atoms with Crippen LogP contribution in [0.15, 0.2) is 18.2 Å². The van der Waals surface area contributed by atoms with Crippen LogP contribution in [-0.2, 0) is 4.79 Å². The van der Waals surface area contributed by atoms with Gasteiger partial charge in [-0.2, -0.15) is 0 Å². The maximum Gasteiger partial charge on any atom is 0.144 e. The predicted molar refractivity (Wildman–Crippen MR) is 62.9 cm³/mol. The van der Waals surface area contributed by atoms with Crippen molar-refractivity contribution in [1.82, 2.24) is 0 Å². The van der Waals surface area contributed by atoms with Gasteiger partial charge in [-0.1, -0.05) is 41.1 Å². The van der Waals surface area contributed by atoms with Gasteiger partial charge in [0, 0.05) is 5.92 Å². The van der Waals surface area contributed by atoms with E-state index in [1.54, 1.807) is 19.1 Å². The third-order valence-corrected chi connectivity index (χ3v) is 3.98. The van der Waals surface area contributed by atoms with Crippen LogP contribution < -0.4 is 0 Å². The van der Waals surface area contributed by atoms with Crippen molar-refractivity contribution in [1.29, 1.82) is 0 Å². The number of Topliss-reactive ketones (excluding diaryl/α,β-unsaturated/α-hetero) is 1. The lowest BCUT2D eigenvalue weighted by atomic mass is 9.94.